The van der Waals surface area contributed by atoms with E-state index in [0.717, 1.165) is 19.3 Å². The van der Waals surface area contributed by atoms with Crippen LogP contribution in [-0.4, -0.2) is 17.7 Å². The van der Waals surface area contributed by atoms with Crippen molar-refractivity contribution in [1.29, 1.82) is 0 Å². The maximum atomic E-state index is 12.4. The summed E-state index contributed by atoms with van der Waals surface area (Å²) in [5.41, 5.74) is 6.06. The van der Waals surface area contributed by atoms with Gasteiger partial charge in [0, 0.05) is 12.0 Å². The fraction of sp³-hybridized carbons (Fsp3) is 0.321. The first-order chi connectivity index (χ1) is 14.9. The second-order valence-electron chi connectivity index (χ2n) is 9.45. The normalized spacial score (nSPS) is 17.8. The van der Waals surface area contributed by atoms with Crippen LogP contribution in [0.2, 0.25) is 0 Å². The smallest absolute Gasteiger partial charge is 0.407 e. The van der Waals surface area contributed by atoms with Gasteiger partial charge in [-0.15, -0.1) is 0 Å². The lowest BCUT2D eigenvalue weighted by molar-refractivity contribution is 0.0499. The standard InChI is InChI=1S/C28H31NO2/c1-28(2,3)31-27(30)29-26-19-23-11-7-8-12-24(23)25(26)18-22-15-13-21(14-16-22)17-20-9-5-4-6-10-20/h4-16,25-26H,17-19H2,1-3H3,(H,29,30)/t25?,26-/m0/s1. The Balaban J connectivity index is 1.48. The van der Waals surface area contributed by atoms with Crippen LogP contribution in [0.25, 0.3) is 0 Å². The van der Waals surface area contributed by atoms with Crippen molar-refractivity contribution in [3.8, 4) is 0 Å². The van der Waals surface area contributed by atoms with Crippen LogP contribution in [0.15, 0.2) is 78.9 Å². The Morgan fingerprint density at radius 1 is 0.871 bits per heavy atom. The van der Waals surface area contributed by atoms with Crippen LogP contribution < -0.4 is 5.32 Å². The van der Waals surface area contributed by atoms with E-state index in [9.17, 15) is 4.79 Å². The molecule has 31 heavy (non-hydrogen) atoms. The second-order valence-corrected chi connectivity index (χ2v) is 9.45. The molecule has 0 radical (unpaired) electrons. The molecule has 160 valence electrons. The van der Waals surface area contributed by atoms with Crippen molar-refractivity contribution in [1.82, 2.24) is 5.32 Å². The van der Waals surface area contributed by atoms with Crippen LogP contribution in [0, 0.1) is 0 Å². The van der Waals surface area contributed by atoms with Gasteiger partial charge < -0.3 is 10.1 Å². The van der Waals surface area contributed by atoms with E-state index in [4.69, 9.17) is 4.74 Å². The highest BCUT2D eigenvalue weighted by molar-refractivity contribution is 5.68. The van der Waals surface area contributed by atoms with Gasteiger partial charge in [0.15, 0.2) is 0 Å². The number of benzene rings is 3. The lowest BCUT2D eigenvalue weighted by Gasteiger charge is -2.25. The van der Waals surface area contributed by atoms with Gasteiger partial charge >= 0.3 is 6.09 Å². The molecule has 4 rings (SSSR count). The minimum atomic E-state index is -0.500. The Kier molecular flexibility index (Phi) is 6.13. The number of ether oxygens (including phenoxy) is 1. The van der Waals surface area contributed by atoms with E-state index in [2.05, 4.69) is 78.1 Å². The lowest BCUT2D eigenvalue weighted by atomic mass is 9.90. The molecule has 0 saturated carbocycles. The minimum absolute atomic E-state index is 0.0382. The molecule has 1 unspecified atom stereocenters. The highest BCUT2D eigenvalue weighted by atomic mass is 16.6. The molecule has 0 fully saturated rings. The quantitative estimate of drug-likeness (QED) is 0.553. The minimum Gasteiger partial charge on any atom is -0.444 e. The Morgan fingerprint density at radius 2 is 1.48 bits per heavy atom. The van der Waals surface area contributed by atoms with Crippen LogP contribution in [0.3, 0.4) is 0 Å². The number of nitrogens with one attached hydrogen (secondary N) is 1. The zero-order valence-corrected chi connectivity index (χ0v) is 18.6. The molecule has 3 nitrogen and oxygen atoms in total. The third kappa shape index (κ3) is 5.55. The predicted octanol–water partition coefficient (Wildman–Crippen LogP) is 6.05. The van der Waals surface area contributed by atoms with Crippen molar-refractivity contribution < 1.29 is 9.53 Å². The number of carbonyl (C=O) groups is 1. The highest BCUT2D eigenvalue weighted by Crippen LogP contribution is 2.36. The van der Waals surface area contributed by atoms with Crippen LogP contribution in [0.1, 0.15) is 54.5 Å². The number of alkyl carbamates (subject to hydrolysis) is 1. The molecule has 0 aromatic heterocycles. The summed E-state index contributed by atoms with van der Waals surface area (Å²) in [6, 6.07) is 28.0. The number of amides is 1. The van der Waals surface area contributed by atoms with E-state index in [0.29, 0.717) is 0 Å². The molecule has 1 N–H and O–H groups in total. The van der Waals surface area contributed by atoms with Crippen LogP contribution in [-0.2, 0) is 24.0 Å². The third-order valence-electron chi connectivity index (χ3n) is 5.81. The molecule has 3 aromatic rings. The molecule has 0 bridgehead atoms. The number of fused-ring (bicyclic) bond motifs is 1. The molecular formula is C28H31NO2. The Morgan fingerprint density at radius 3 is 2.19 bits per heavy atom. The van der Waals surface area contributed by atoms with Crippen molar-refractivity contribution >= 4 is 6.09 Å². The predicted molar refractivity (Wildman–Crippen MR) is 125 cm³/mol. The van der Waals surface area contributed by atoms with E-state index >= 15 is 0 Å². The monoisotopic (exact) mass is 413 g/mol. The molecule has 0 heterocycles. The molecule has 3 aromatic carbocycles. The molecule has 1 aliphatic carbocycles. The first-order valence-corrected chi connectivity index (χ1v) is 11.1. The summed E-state index contributed by atoms with van der Waals surface area (Å²) in [5.74, 6) is 0.240. The summed E-state index contributed by atoms with van der Waals surface area (Å²) >= 11 is 0. The van der Waals surface area contributed by atoms with Gasteiger partial charge in [-0.25, -0.2) is 4.79 Å². The van der Waals surface area contributed by atoms with E-state index < -0.39 is 5.60 Å². The number of rotatable bonds is 5. The highest BCUT2D eigenvalue weighted by Gasteiger charge is 2.34. The molecule has 3 heteroatoms. The van der Waals surface area contributed by atoms with Gasteiger partial charge in [-0.3, -0.25) is 0 Å². The molecule has 0 aliphatic heterocycles. The Bertz CT molecular complexity index is 1020. The third-order valence-corrected chi connectivity index (χ3v) is 5.81. The van der Waals surface area contributed by atoms with Crippen LogP contribution in [0.5, 0.6) is 0 Å². The van der Waals surface area contributed by atoms with Gasteiger partial charge in [0.2, 0.25) is 0 Å². The van der Waals surface area contributed by atoms with Crippen molar-refractivity contribution in [2.45, 2.75) is 57.6 Å². The van der Waals surface area contributed by atoms with Gasteiger partial charge in [-0.05, 0) is 67.9 Å². The van der Waals surface area contributed by atoms with Gasteiger partial charge in [0.1, 0.15) is 5.60 Å². The second kappa shape index (κ2) is 8.97. The van der Waals surface area contributed by atoms with E-state index in [-0.39, 0.29) is 18.1 Å². The SMILES string of the molecule is CC(C)(C)OC(=O)N[C@H]1Cc2ccccc2C1Cc1ccc(Cc2ccccc2)cc1. The zero-order chi connectivity index (χ0) is 21.8. The Hall–Kier alpha value is -3.07. The van der Waals surface area contributed by atoms with Crippen LogP contribution >= 0.6 is 0 Å². The first kappa shape index (κ1) is 21.2. The summed E-state index contributed by atoms with van der Waals surface area (Å²) < 4.78 is 5.52. The number of carbonyl (C=O) groups excluding carboxylic acids is 1. The zero-order valence-electron chi connectivity index (χ0n) is 18.6. The molecule has 0 spiro atoms. The van der Waals surface area contributed by atoms with Gasteiger partial charge in [-0.2, -0.15) is 0 Å². The molecular weight excluding hydrogens is 382 g/mol. The van der Waals surface area contributed by atoms with Crippen LogP contribution in [0.4, 0.5) is 4.79 Å². The van der Waals surface area contributed by atoms with Crippen molar-refractivity contribution in [3.05, 3.63) is 107 Å². The summed E-state index contributed by atoms with van der Waals surface area (Å²) in [6.45, 7) is 5.68. The largest absolute Gasteiger partial charge is 0.444 e. The fourth-order valence-electron chi connectivity index (χ4n) is 4.42. The topological polar surface area (TPSA) is 38.3 Å². The van der Waals surface area contributed by atoms with E-state index in [1.807, 2.05) is 26.8 Å². The summed E-state index contributed by atoms with van der Waals surface area (Å²) in [5, 5.41) is 3.14. The average molecular weight is 414 g/mol. The number of hydrogen-bond acceptors (Lipinski definition) is 2. The Labute approximate surface area is 185 Å². The fourth-order valence-corrected chi connectivity index (χ4v) is 4.42. The summed E-state index contributed by atoms with van der Waals surface area (Å²) in [4.78, 5) is 12.4. The van der Waals surface area contributed by atoms with Crippen molar-refractivity contribution in [3.63, 3.8) is 0 Å². The first-order valence-electron chi connectivity index (χ1n) is 11.1. The summed E-state index contributed by atoms with van der Waals surface area (Å²) in [6.07, 6.45) is 2.33. The van der Waals surface area contributed by atoms with Gasteiger partial charge in [-0.1, -0.05) is 78.9 Å². The van der Waals surface area contributed by atoms with Gasteiger partial charge in [0.25, 0.3) is 0 Å². The van der Waals surface area contributed by atoms with E-state index in [1.54, 1.807) is 0 Å². The average Bonchev–Trinajstić information content (AvgIpc) is 3.06. The maximum absolute atomic E-state index is 12.4. The molecule has 1 amide bonds. The lowest BCUT2D eigenvalue weighted by Crippen LogP contribution is -2.41. The molecule has 2 atom stereocenters. The summed E-state index contributed by atoms with van der Waals surface area (Å²) in [7, 11) is 0. The van der Waals surface area contributed by atoms with Crippen molar-refractivity contribution in [2.75, 3.05) is 0 Å². The maximum Gasteiger partial charge on any atom is 0.407 e. The van der Waals surface area contributed by atoms with E-state index in [1.165, 1.54) is 27.8 Å². The molecule has 0 saturated heterocycles. The molecule has 1 aliphatic rings. The number of hydrogen-bond donors (Lipinski definition) is 1. The van der Waals surface area contributed by atoms with Crippen molar-refractivity contribution in [2.24, 2.45) is 0 Å². The van der Waals surface area contributed by atoms with Gasteiger partial charge in [0.05, 0.1) is 0 Å².